The van der Waals surface area contributed by atoms with Gasteiger partial charge in [-0.05, 0) is 51.0 Å². The van der Waals surface area contributed by atoms with Crippen LogP contribution in [0.4, 0.5) is 0 Å². The Labute approximate surface area is 90.9 Å². The topological polar surface area (TPSA) is 25.2 Å². The van der Waals surface area contributed by atoms with Crippen molar-refractivity contribution in [3.63, 3.8) is 0 Å². The Hall–Kier alpha value is -0.760. The zero-order valence-corrected chi connectivity index (χ0v) is 9.37. The lowest BCUT2D eigenvalue weighted by Gasteiger charge is -2.20. The molecule has 1 aromatic heterocycles. The second-order valence-electron chi connectivity index (χ2n) is 5.15. The van der Waals surface area contributed by atoms with E-state index in [-0.39, 0.29) is 6.10 Å². The molecule has 0 saturated heterocycles. The van der Waals surface area contributed by atoms with Gasteiger partial charge in [-0.3, -0.25) is 0 Å². The van der Waals surface area contributed by atoms with Crippen molar-refractivity contribution in [1.82, 2.24) is 4.57 Å². The number of hydrogen-bond donors (Lipinski definition) is 1. The highest BCUT2D eigenvalue weighted by molar-refractivity contribution is 5.31. The number of nitrogens with zero attached hydrogens (tertiary/aromatic N) is 1. The van der Waals surface area contributed by atoms with Gasteiger partial charge in [0.05, 0.1) is 6.10 Å². The molecule has 2 nitrogen and oxygen atoms in total. The highest BCUT2D eigenvalue weighted by Crippen LogP contribution is 2.36. The second kappa shape index (κ2) is 3.38. The van der Waals surface area contributed by atoms with E-state index in [0.717, 1.165) is 25.2 Å². The largest absolute Gasteiger partial charge is 0.388 e. The molecule has 0 radical (unpaired) electrons. The Bertz CT molecular complexity index is 376. The molecule has 0 aromatic carbocycles. The third-order valence-electron chi connectivity index (χ3n) is 3.84. The van der Waals surface area contributed by atoms with Crippen molar-refractivity contribution >= 4 is 0 Å². The van der Waals surface area contributed by atoms with Crippen LogP contribution in [0.3, 0.4) is 0 Å². The summed E-state index contributed by atoms with van der Waals surface area (Å²) in [5.74, 6) is 0.916. The van der Waals surface area contributed by atoms with Gasteiger partial charge < -0.3 is 9.67 Å². The summed E-state index contributed by atoms with van der Waals surface area (Å²) in [5.41, 5.74) is 3.96. The Balaban J connectivity index is 1.97. The van der Waals surface area contributed by atoms with E-state index >= 15 is 0 Å². The number of rotatable bonds is 2. The number of hydrogen-bond acceptors (Lipinski definition) is 1. The van der Waals surface area contributed by atoms with Crippen LogP contribution in [0.2, 0.25) is 0 Å². The summed E-state index contributed by atoms with van der Waals surface area (Å²) in [6.45, 7) is 3.36. The summed E-state index contributed by atoms with van der Waals surface area (Å²) in [6.07, 6.45) is 5.84. The van der Waals surface area contributed by atoms with Gasteiger partial charge in [0.1, 0.15) is 0 Å². The Morgan fingerprint density at radius 3 is 2.93 bits per heavy atom. The van der Waals surface area contributed by atoms with Gasteiger partial charge in [0.25, 0.3) is 0 Å². The van der Waals surface area contributed by atoms with Crippen LogP contribution < -0.4 is 0 Å². The molecule has 0 amide bonds. The van der Waals surface area contributed by atoms with Crippen LogP contribution in [0, 0.1) is 12.8 Å². The van der Waals surface area contributed by atoms with Crippen molar-refractivity contribution in [2.24, 2.45) is 5.92 Å². The summed E-state index contributed by atoms with van der Waals surface area (Å²) in [6, 6.07) is 2.20. The molecule has 2 heteroatoms. The normalized spacial score (nSPS) is 25.3. The van der Waals surface area contributed by atoms with Crippen LogP contribution in [-0.2, 0) is 13.0 Å². The molecule has 3 rings (SSSR count). The van der Waals surface area contributed by atoms with Crippen molar-refractivity contribution in [1.29, 1.82) is 0 Å². The summed E-state index contributed by atoms with van der Waals surface area (Å²) in [5, 5.41) is 9.94. The minimum Gasteiger partial charge on any atom is -0.388 e. The van der Waals surface area contributed by atoms with Gasteiger partial charge in [0.15, 0.2) is 0 Å². The minimum atomic E-state index is -0.201. The summed E-state index contributed by atoms with van der Waals surface area (Å²) in [7, 11) is 0. The predicted octanol–water partition coefficient (Wildman–Crippen LogP) is 2.58. The summed E-state index contributed by atoms with van der Waals surface area (Å²) in [4.78, 5) is 0. The molecule has 0 aliphatic heterocycles. The molecule has 2 aliphatic carbocycles. The van der Waals surface area contributed by atoms with Crippen LogP contribution >= 0.6 is 0 Å². The molecule has 1 unspecified atom stereocenters. The fourth-order valence-corrected chi connectivity index (χ4v) is 2.75. The first-order valence-corrected chi connectivity index (χ1v) is 6.12. The molecule has 2 aliphatic rings. The molecule has 1 saturated carbocycles. The van der Waals surface area contributed by atoms with Crippen molar-refractivity contribution in [2.45, 2.75) is 51.7 Å². The zero-order valence-electron chi connectivity index (χ0n) is 9.37. The minimum absolute atomic E-state index is 0.201. The number of fused-ring (bicyclic) bond motifs is 1. The highest BCUT2D eigenvalue weighted by atomic mass is 16.3. The number of aromatic nitrogens is 1. The fraction of sp³-hybridized carbons (Fsp3) is 0.692. The smallest absolute Gasteiger partial charge is 0.0807 e. The SMILES string of the molecule is Cc1cc2c(n1CC1CC1)CCCC2O. The molecule has 82 valence electrons. The molecule has 1 heterocycles. The monoisotopic (exact) mass is 205 g/mol. The first-order valence-electron chi connectivity index (χ1n) is 6.12. The van der Waals surface area contributed by atoms with Crippen LogP contribution in [0.1, 0.15) is 48.7 Å². The fourth-order valence-electron chi connectivity index (χ4n) is 2.75. The van der Waals surface area contributed by atoms with Gasteiger partial charge in [-0.2, -0.15) is 0 Å². The lowest BCUT2D eigenvalue weighted by atomic mass is 9.95. The van der Waals surface area contributed by atoms with Gasteiger partial charge in [0.2, 0.25) is 0 Å². The van der Waals surface area contributed by atoms with Gasteiger partial charge in [-0.25, -0.2) is 0 Å². The molecular weight excluding hydrogens is 186 g/mol. The molecule has 0 bridgehead atoms. The van der Waals surface area contributed by atoms with Crippen molar-refractivity contribution in [2.75, 3.05) is 0 Å². The lowest BCUT2D eigenvalue weighted by Crippen LogP contribution is -2.13. The van der Waals surface area contributed by atoms with Crippen molar-refractivity contribution in [3.8, 4) is 0 Å². The number of aryl methyl sites for hydroxylation is 1. The first kappa shape index (κ1) is 9.46. The average Bonchev–Trinajstić information content (AvgIpc) is 2.96. The molecule has 15 heavy (non-hydrogen) atoms. The van der Waals surface area contributed by atoms with E-state index in [4.69, 9.17) is 0 Å². The van der Waals surface area contributed by atoms with Crippen LogP contribution in [0.25, 0.3) is 0 Å². The second-order valence-corrected chi connectivity index (χ2v) is 5.15. The van der Waals surface area contributed by atoms with Gasteiger partial charge in [-0.15, -0.1) is 0 Å². The molecule has 0 spiro atoms. The third kappa shape index (κ3) is 1.61. The quantitative estimate of drug-likeness (QED) is 0.788. The zero-order chi connectivity index (χ0) is 10.4. The Morgan fingerprint density at radius 1 is 1.40 bits per heavy atom. The number of aliphatic hydroxyl groups is 1. The maximum Gasteiger partial charge on any atom is 0.0807 e. The number of aliphatic hydroxyl groups excluding tert-OH is 1. The van der Waals surface area contributed by atoms with E-state index in [1.165, 1.54) is 36.3 Å². The predicted molar refractivity (Wildman–Crippen MR) is 59.8 cm³/mol. The van der Waals surface area contributed by atoms with E-state index < -0.39 is 0 Å². The Kier molecular flexibility index (Phi) is 2.13. The third-order valence-corrected chi connectivity index (χ3v) is 3.84. The average molecular weight is 205 g/mol. The van der Waals surface area contributed by atoms with Crippen LogP contribution in [0.5, 0.6) is 0 Å². The summed E-state index contributed by atoms with van der Waals surface area (Å²) >= 11 is 0. The van der Waals surface area contributed by atoms with E-state index in [1.54, 1.807) is 0 Å². The van der Waals surface area contributed by atoms with E-state index in [2.05, 4.69) is 17.6 Å². The van der Waals surface area contributed by atoms with Crippen LogP contribution in [0.15, 0.2) is 6.07 Å². The lowest BCUT2D eigenvalue weighted by molar-refractivity contribution is 0.155. The van der Waals surface area contributed by atoms with Gasteiger partial charge in [-0.1, -0.05) is 0 Å². The standard InChI is InChI=1S/C13H19NO/c1-9-7-11-12(3-2-4-13(11)15)14(9)8-10-5-6-10/h7,10,13,15H,2-6,8H2,1H3. The van der Waals surface area contributed by atoms with Crippen molar-refractivity contribution in [3.05, 3.63) is 23.0 Å². The van der Waals surface area contributed by atoms with Gasteiger partial charge >= 0.3 is 0 Å². The van der Waals surface area contributed by atoms with Crippen molar-refractivity contribution < 1.29 is 5.11 Å². The van der Waals surface area contributed by atoms with Crippen LogP contribution in [-0.4, -0.2) is 9.67 Å². The maximum atomic E-state index is 9.94. The molecule has 1 N–H and O–H groups in total. The molecule has 1 fully saturated rings. The van der Waals surface area contributed by atoms with E-state index in [0.29, 0.717) is 0 Å². The molecule has 1 aromatic rings. The van der Waals surface area contributed by atoms with Gasteiger partial charge in [0, 0.05) is 23.5 Å². The van der Waals surface area contributed by atoms with E-state index in [1.807, 2.05) is 0 Å². The maximum absolute atomic E-state index is 9.94. The highest BCUT2D eigenvalue weighted by Gasteiger charge is 2.27. The van der Waals surface area contributed by atoms with E-state index in [9.17, 15) is 5.11 Å². The molecule has 1 atom stereocenters. The first-order chi connectivity index (χ1) is 7.25. The summed E-state index contributed by atoms with van der Waals surface area (Å²) < 4.78 is 2.45. The Morgan fingerprint density at radius 2 is 2.20 bits per heavy atom. The molecular formula is C13H19NO.